The first kappa shape index (κ1) is 7.53. The number of likely N-dealkylation sites (tertiary alicyclic amines) is 1. The second kappa shape index (κ2) is 2.73. The lowest BCUT2D eigenvalue weighted by Gasteiger charge is -2.45. The number of rotatable bonds is 3. The normalized spacial score (nSPS) is 29.2. The summed E-state index contributed by atoms with van der Waals surface area (Å²) in [5, 5.41) is 9.10. The van der Waals surface area contributed by atoms with Crippen LogP contribution in [0.1, 0.15) is 6.42 Å². The summed E-state index contributed by atoms with van der Waals surface area (Å²) in [4.78, 5) is 2.39. The highest BCUT2D eigenvalue weighted by Gasteiger charge is 2.40. The van der Waals surface area contributed by atoms with E-state index in [1.165, 1.54) is 19.5 Å². The van der Waals surface area contributed by atoms with E-state index in [0.29, 0.717) is 0 Å². The zero-order chi connectivity index (χ0) is 7.73. The Morgan fingerprint density at radius 2 is 2.09 bits per heavy atom. The predicted octanol–water partition coefficient (Wildman–Crippen LogP) is -0.299. The fourth-order valence-electron chi connectivity index (χ4n) is 1.64. The van der Waals surface area contributed by atoms with Crippen LogP contribution >= 0.6 is 0 Å². The molecule has 11 heavy (non-hydrogen) atoms. The van der Waals surface area contributed by atoms with Crippen molar-refractivity contribution in [2.24, 2.45) is 5.41 Å². The Morgan fingerprint density at radius 1 is 1.36 bits per heavy atom. The van der Waals surface area contributed by atoms with E-state index in [4.69, 9.17) is 9.84 Å². The van der Waals surface area contributed by atoms with Gasteiger partial charge in [0.05, 0.1) is 25.2 Å². The third kappa shape index (κ3) is 1.28. The maximum atomic E-state index is 9.10. The highest BCUT2D eigenvalue weighted by Crippen LogP contribution is 2.29. The van der Waals surface area contributed by atoms with Gasteiger partial charge in [-0.3, -0.25) is 0 Å². The lowest BCUT2D eigenvalue weighted by Crippen LogP contribution is -2.55. The van der Waals surface area contributed by atoms with Crippen molar-refractivity contribution in [3.8, 4) is 0 Å². The van der Waals surface area contributed by atoms with Crippen molar-refractivity contribution in [3.05, 3.63) is 0 Å². The number of hydrogen-bond donors (Lipinski definition) is 1. The first-order valence-corrected chi connectivity index (χ1v) is 4.26. The topological polar surface area (TPSA) is 32.7 Å². The summed E-state index contributed by atoms with van der Waals surface area (Å²) in [6.07, 6.45) is 1.32. The van der Waals surface area contributed by atoms with E-state index in [0.717, 1.165) is 19.8 Å². The van der Waals surface area contributed by atoms with Gasteiger partial charge in [0.1, 0.15) is 0 Å². The molecule has 0 spiro atoms. The third-order valence-corrected chi connectivity index (χ3v) is 2.66. The monoisotopic (exact) mass is 157 g/mol. The Labute approximate surface area is 66.9 Å². The van der Waals surface area contributed by atoms with Crippen molar-refractivity contribution in [1.82, 2.24) is 4.90 Å². The molecule has 0 saturated carbocycles. The number of nitrogens with zero attached hydrogens (tertiary/aromatic N) is 1. The Kier molecular flexibility index (Phi) is 1.87. The maximum Gasteiger partial charge on any atom is 0.0579 e. The second-order valence-electron chi connectivity index (χ2n) is 3.78. The van der Waals surface area contributed by atoms with Crippen molar-refractivity contribution in [2.75, 3.05) is 39.5 Å². The van der Waals surface area contributed by atoms with E-state index in [1.54, 1.807) is 0 Å². The summed E-state index contributed by atoms with van der Waals surface area (Å²) in [6, 6.07) is 0. The van der Waals surface area contributed by atoms with Crippen LogP contribution in [0.2, 0.25) is 0 Å². The molecule has 0 unspecified atom stereocenters. The molecule has 2 rings (SSSR count). The highest BCUT2D eigenvalue weighted by molar-refractivity contribution is 4.89. The van der Waals surface area contributed by atoms with Crippen LogP contribution in [-0.4, -0.2) is 49.5 Å². The molecule has 1 N–H and O–H groups in total. The molecule has 2 heterocycles. The lowest BCUT2D eigenvalue weighted by atomic mass is 9.85. The van der Waals surface area contributed by atoms with Crippen molar-refractivity contribution < 1.29 is 9.84 Å². The zero-order valence-corrected chi connectivity index (χ0v) is 6.75. The molecular weight excluding hydrogens is 142 g/mol. The van der Waals surface area contributed by atoms with E-state index >= 15 is 0 Å². The SMILES string of the molecule is OCC1(CN2CCC2)COC1. The first-order chi connectivity index (χ1) is 5.35. The van der Waals surface area contributed by atoms with Gasteiger partial charge in [0.2, 0.25) is 0 Å². The van der Waals surface area contributed by atoms with Crippen LogP contribution in [0.5, 0.6) is 0 Å². The largest absolute Gasteiger partial charge is 0.396 e. The van der Waals surface area contributed by atoms with Gasteiger partial charge in [0.25, 0.3) is 0 Å². The van der Waals surface area contributed by atoms with E-state index in [9.17, 15) is 0 Å². The summed E-state index contributed by atoms with van der Waals surface area (Å²) in [7, 11) is 0. The summed E-state index contributed by atoms with van der Waals surface area (Å²) in [6.45, 7) is 5.23. The molecule has 2 aliphatic rings. The molecular formula is C8H15NO2. The minimum absolute atomic E-state index is 0.0976. The van der Waals surface area contributed by atoms with Crippen LogP contribution in [-0.2, 0) is 4.74 Å². The molecule has 0 aromatic carbocycles. The van der Waals surface area contributed by atoms with Gasteiger partial charge in [-0.1, -0.05) is 0 Å². The van der Waals surface area contributed by atoms with Crippen LogP contribution in [0.3, 0.4) is 0 Å². The van der Waals surface area contributed by atoms with Crippen molar-refractivity contribution in [2.45, 2.75) is 6.42 Å². The van der Waals surface area contributed by atoms with Gasteiger partial charge in [0.15, 0.2) is 0 Å². The molecule has 0 radical (unpaired) electrons. The third-order valence-electron chi connectivity index (χ3n) is 2.66. The van der Waals surface area contributed by atoms with Crippen molar-refractivity contribution in [1.29, 1.82) is 0 Å². The van der Waals surface area contributed by atoms with Gasteiger partial charge < -0.3 is 14.7 Å². The van der Waals surface area contributed by atoms with Gasteiger partial charge in [-0.2, -0.15) is 0 Å². The van der Waals surface area contributed by atoms with Gasteiger partial charge in [-0.25, -0.2) is 0 Å². The van der Waals surface area contributed by atoms with Gasteiger partial charge >= 0.3 is 0 Å². The molecule has 0 bridgehead atoms. The molecule has 2 fully saturated rings. The average Bonchev–Trinajstić information content (AvgIpc) is 1.83. The molecule has 0 aromatic heterocycles. The first-order valence-electron chi connectivity index (χ1n) is 4.26. The Bertz CT molecular complexity index is 136. The van der Waals surface area contributed by atoms with Crippen LogP contribution in [0.25, 0.3) is 0 Å². The van der Waals surface area contributed by atoms with Crippen LogP contribution in [0.4, 0.5) is 0 Å². The van der Waals surface area contributed by atoms with E-state index in [1.807, 2.05) is 0 Å². The number of aliphatic hydroxyl groups excluding tert-OH is 1. The number of aliphatic hydroxyl groups is 1. The molecule has 0 atom stereocenters. The maximum absolute atomic E-state index is 9.10. The van der Waals surface area contributed by atoms with Gasteiger partial charge in [0, 0.05) is 6.54 Å². The molecule has 3 nitrogen and oxygen atoms in total. The van der Waals surface area contributed by atoms with E-state index in [-0.39, 0.29) is 12.0 Å². The van der Waals surface area contributed by atoms with Crippen LogP contribution in [0.15, 0.2) is 0 Å². The average molecular weight is 157 g/mol. The van der Waals surface area contributed by atoms with Gasteiger partial charge in [-0.15, -0.1) is 0 Å². The minimum atomic E-state index is 0.0976. The van der Waals surface area contributed by atoms with Gasteiger partial charge in [-0.05, 0) is 19.5 Å². The predicted molar refractivity (Wildman–Crippen MR) is 41.4 cm³/mol. The zero-order valence-electron chi connectivity index (χ0n) is 6.75. The highest BCUT2D eigenvalue weighted by atomic mass is 16.5. The van der Waals surface area contributed by atoms with E-state index < -0.39 is 0 Å². The number of hydrogen-bond acceptors (Lipinski definition) is 3. The smallest absolute Gasteiger partial charge is 0.0579 e. The summed E-state index contributed by atoms with van der Waals surface area (Å²) in [5.41, 5.74) is 0.0976. The lowest BCUT2D eigenvalue weighted by molar-refractivity contribution is -0.153. The molecule has 2 aliphatic heterocycles. The second-order valence-corrected chi connectivity index (χ2v) is 3.78. The Hall–Kier alpha value is -0.120. The molecule has 64 valence electrons. The summed E-state index contributed by atoms with van der Waals surface area (Å²) >= 11 is 0. The summed E-state index contributed by atoms with van der Waals surface area (Å²) in [5.74, 6) is 0. The molecule has 0 aliphatic carbocycles. The van der Waals surface area contributed by atoms with Crippen molar-refractivity contribution in [3.63, 3.8) is 0 Å². The molecule has 3 heteroatoms. The Balaban J connectivity index is 1.81. The number of ether oxygens (including phenoxy) is 1. The van der Waals surface area contributed by atoms with Crippen LogP contribution in [0, 0.1) is 5.41 Å². The fourth-order valence-corrected chi connectivity index (χ4v) is 1.64. The van der Waals surface area contributed by atoms with Crippen molar-refractivity contribution >= 4 is 0 Å². The molecule has 0 amide bonds. The molecule has 0 aromatic rings. The summed E-state index contributed by atoms with van der Waals surface area (Å²) < 4.78 is 5.11. The van der Waals surface area contributed by atoms with E-state index in [2.05, 4.69) is 4.90 Å². The fraction of sp³-hybridized carbons (Fsp3) is 1.00. The minimum Gasteiger partial charge on any atom is -0.396 e. The quantitative estimate of drug-likeness (QED) is 0.610. The Morgan fingerprint density at radius 3 is 2.36 bits per heavy atom. The standard InChI is InChI=1S/C8H15NO2/c10-5-8(6-11-7-8)4-9-2-1-3-9/h10H,1-7H2. The molecule has 2 saturated heterocycles. The van der Waals surface area contributed by atoms with Crippen LogP contribution < -0.4 is 0 Å².